The molecule has 0 unspecified atom stereocenters. The highest BCUT2D eigenvalue weighted by atomic mass is 32.1. The fourth-order valence-corrected chi connectivity index (χ4v) is 4.92. The predicted molar refractivity (Wildman–Crippen MR) is 113 cm³/mol. The lowest BCUT2D eigenvalue weighted by Crippen LogP contribution is -2.34. The molecule has 0 radical (unpaired) electrons. The van der Waals surface area contributed by atoms with E-state index in [1.165, 1.54) is 10.6 Å². The van der Waals surface area contributed by atoms with Gasteiger partial charge < -0.3 is 14.2 Å². The maximum Gasteiger partial charge on any atom is 0.260 e. The lowest BCUT2D eigenvalue weighted by molar-refractivity contribution is 0.0974. The van der Waals surface area contributed by atoms with Crippen LogP contribution in [0.3, 0.4) is 0 Å². The first-order valence-corrected chi connectivity index (χ1v) is 10.7. The number of aryl methyl sites for hydroxylation is 2. The number of benzene rings is 1. The van der Waals surface area contributed by atoms with E-state index in [-0.39, 0.29) is 5.91 Å². The van der Waals surface area contributed by atoms with Crippen molar-refractivity contribution in [2.24, 2.45) is 7.05 Å². The molecule has 1 aliphatic heterocycles. The summed E-state index contributed by atoms with van der Waals surface area (Å²) in [5.41, 5.74) is 3.70. The van der Waals surface area contributed by atoms with Crippen LogP contribution in [0.2, 0.25) is 0 Å². The highest BCUT2D eigenvalue weighted by Crippen LogP contribution is 2.39. The largest absolute Gasteiger partial charge is 0.486 e. The van der Waals surface area contributed by atoms with Gasteiger partial charge in [0.2, 0.25) is 0 Å². The lowest BCUT2D eigenvalue weighted by Gasteiger charge is -2.22. The molecule has 1 amide bonds. The van der Waals surface area contributed by atoms with Gasteiger partial charge in [-0.05, 0) is 31.0 Å². The smallest absolute Gasteiger partial charge is 0.260 e. The molecule has 1 aliphatic carbocycles. The average molecular weight is 426 g/mol. The van der Waals surface area contributed by atoms with Gasteiger partial charge in [-0.15, -0.1) is 11.3 Å². The number of hydrogen-bond donors (Lipinski definition) is 0. The van der Waals surface area contributed by atoms with Crippen molar-refractivity contribution >= 4 is 22.4 Å². The van der Waals surface area contributed by atoms with E-state index in [2.05, 4.69) is 5.10 Å². The Hall–Kier alpha value is -2.91. The Morgan fingerprint density at radius 3 is 2.93 bits per heavy atom. The topological polar surface area (TPSA) is 78.7 Å². The van der Waals surface area contributed by atoms with Gasteiger partial charge in [-0.1, -0.05) is 0 Å². The van der Waals surface area contributed by atoms with Crippen molar-refractivity contribution in [1.29, 1.82) is 0 Å². The Bertz CT molecular complexity index is 1110. The molecule has 156 valence electrons. The van der Waals surface area contributed by atoms with Gasteiger partial charge >= 0.3 is 0 Å². The minimum atomic E-state index is -0.137. The quantitative estimate of drug-likeness (QED) is 0.624. The molecule has 8 nitrogen and oxygen atoms in total. The monoisotopic (exact) mass is 426 g/mol. The third kappa shape index (κ3) is 3.23. The van der Waals surface area contributed by atoms with Crippen LogP contribution in [0.5, 0.6) is 11.5 Å². The molecule has 3 aromatic rings. The third-order valence-electron chi connectivity index (χ3n) is 5.38. The normalized spacial score (nSPS) is 14.2. The fourth-order valence-electron chi connectivity index (χ4n) is 3.82. The van der Waals surface area contributed by atoms with Gasteiger partial charge in [0.05, 0.1) is 25.0 Å². The predicted octanol–water partition coefficient (Wildman–Crippen LogP) is 2.71. The molecule has 0 saturated heterocycles. The van der Waals surface area contributed by atoms with Gasteiger partial charge in [-0.3, -0.25) is 14.4 Å². The summed E-state index contributed by atoms with van der Waals surface area (Å²) >= 11 is 1.56. The molecule has 5 rings (SSSR count). The molecule has 0 N–H and O–H groups in total. The highest BCUT2D eigenvalue weighted by molar-refractivity contribution is 7.16. The van der Waals surface area contributed by atoms with Crippen LogP contribution in [-0.2, 0) is 24.6 Å². The van der Waals surface area contributed by atoms with Crippen LogP contribution < -0.4 is 14.4 Å². The maximum absolute atomic E-state index is 13.4. The zero-order valence-corrected chi connectivity index (χ0v) is 17.7. The summed E-state index contributed by atoms with van der Waals surface area (Å²) < 4.78 is 18.4. The Morgan fingerprint density at radius 1 is 1.27 bits per heavy atom. The first-order chi connectivity index (χ1) is 14.7. The van der Waals surface area contributed by atoms with Gasteiger partial charge in [0.25, 0.3) is 5.91 Å². The van der Waals surface area contributed by atoms with E-state index in [1.54, 1.807) is 41.5 Å². The first-order valence-electron chi connectivity index (χ1n) is 9.87. The van der Waals surface area contributed by atoms with Crippen molar-refractivity contribution in [3.05, 3.63) is 40.5 Å². The number of thiazole rings is 1. The van der Waals surface area contributed by atoms with Crippen molar-refractivity contribution < 1.29 is 19.0 Å². The van der Waals surface area contributed by atoms with E-state index in [0.717, 1.165) is 24.1 Å². The molecule has 0 atom stereocenters. The Kier molecular flexibility index (Phi) is 4.92. The second kappa shape index (κ2) is 7.73. The number of fused-ring (bicyclic) bond motifs is 4. The number of ether oxygens (including phenoxy) is 3. The average Bonchev–Trinajstić information content (AvgIpc) is 3.37. The standard InChI is InChI=1S/C21H22N4O4S/c1-24-15-4-6-18-19(14(15)12-22-24)23-21(30-18)25(7-8-27-2)20(26)13-3-5-16-17(11-13)29-10-9-28-16/h3,5,11-12H,4,6-10H2,1-2H3. The Balaban J connectivity index is 1.50. The van der Waals surface area contributed by atoms with Crippen LogP contribution in [0.15, 0.2) is 24.4 Å². The molecule has 9 heteroatoms. The molecular weight excluding hydrogens is 404 g/mol. The molecule has 2 aliphatic rings. The molecule has 0 spiro atoms. The summed E-state index contributed by atoms with van der Waals surface area (Å²) in [5.74, 6) is 1.12. The maximum atomic E-state index is 13.4. The number of anilines is 1. The third-order valence-corrected chi connectivity index (χ3v) is 6.51. The number of carbonyl (C=O) groups is 1. The molecule has 3 heterocycles. The first kappa shape index (κ1) is 19.1. The van der Waals surface area contributed by atoms with E-state index < -0.39 is 0 Å². The Morgan fingerprint density at radius 2 is 2.10 bits per heavy atom. The molecule has 2 aromatic heterocycles. The van der Waals surface area contributed by atoms with Crippen LogP contribution in [0.1, 0.15) is 20.9 Å². The van der Waals surface area contributed by atoms with Crippen molar-refractivity contribution in [2.75, 3.05) is 38.4 Å². The summed E-state index contributed by atoms with van der Waals surface area (Å²) in [6, 6.07) is 5.29. The number of nitrogens with zero attached hydrogens (tertiary/aromatic N) is 4. The van der Waals surface area contributed by atoms with Gasteiger partial charge in [0, 0.05) is 35.9 Å². The SMILES string of the molecule is COCCN(C(=O)c1ccc2c(c1)OCCO2)c1nc2c(s1)CCc1c-2cnn1C. The highest BCUT2D eigenvalue weighted by Gasteiger charge is 2.28. The number of aromatic nitrogens is 3. The number of hydrogen-bond acceptors (Lipinski definition) is 7. The van der Waals surface area contributed by atoms with Crippen LogP contribution in [-0.4, -0.2) is 54.1 Å². The van der Waals surface area contributed by atoms with E-state index >= 15 is 0 Å². The number of methoxy groups -OCH3 is 1. The molecule has 1 aromatic carbocycles. The van der Waals surface area contributed by atoms with E-state index in [9.17, 15) is 4.79 Å². The van der Waals surface area contributed by atoms with Crippen LogP contribution >= 0.6 is 11.3 Å². The summed E-state index contributed by atoms with van der Waals surface area (Å²) in [7, 11) is 3.58. The van der Waals surface area contributed by atoms with Crippen molar-refractivity contribution in [2.45, 2.75) is 12.8 Å². The van der Waals surface area contributed by atoms with E-state index in [4.69, 9.17) is 19.2 Å². The van der Waals surface area contributed by atoms with Crippen LogP contribution in [0.25, 0.3) is 11.3 Å². The van der Waals surface area contributed by atoms with Gasteiger partial charge in [-0.25, -0.2) is 4.98 Å². The zero-order valence-electron chi connectivity index (χ0n) is 16.9. The van der Waals surface area contributed by atoms with Crippen molar-refractivity contribution in [3.63, 3.8) is 0 Å². The number of amides is 1. The number of rotatable bonds is 5. The summed E-state index contributed by atoms with van der Waals surface area (Å²) in [6.45, 7) is 1.82. The lowest BCUT2D eigenvalue weighted by atomic mass is 10.0. The molecule has 30 heavy (non-hydrogen) atoms. The zero-order chi connectivity index (χ0) is 20.7. The van der Waals surface area contributed by atoms with Crippen LogP contribution in [0, 0.1) is 0 Å². The minimum absolute atomic E-state index is 0.137. The second-order valence-corrected chi connectivity index (χ2v) is 8.27. The summed E-state index contributed by atoms with van der Waals surface area (Å²) in [5, 5.41) is 5.05. The van der Waals surface area contributed by atoms with E-state index in [1.807, 2.05) is 17.9 Å². The molecule has 0 fully saturated rings. The second-order valence-electron chi connectivity index (χ2n) is 7.20. The number of carbonyl (C=O) groups excluding carboxylic acids is 1. The van der Waals surface area contributed by atoms with Gasteiger partial charge in [-0.2, -0.15) is 5.10 Å². The summed E-state index contributed by atoms with van der Waals surface area (Å²) in [4.78, 5) is 21.1. The molecule has 0 bridgehead atoms. The van der Waals surface area contributed by atoms with Gasteiger partial charge in [0.1, 0.15) is 13.2 Å². The fraction of sp³-hybridized carbons (Fsp3) is 0.381. The molecular formula is C21H22N4O4S. The van der Waals surface area contributed by atoms with Crippen molar-refractivity contribution in [1.82, 2.24) is 14.8 Å². The molecule has 0 saturated carbocycles. The van der Waals surface area contributed by atoms with Gasteiger partial charge in [0.15, 0.2) is 16.6 Å². The van der Waals surface area contributed by atoms with E-state index in [0.29, 0.717) is 48.6 Å². The summed E-state index contributed by atoms with van der Waals surface area (Å²) in [6.07, 6.45) is 3.68. The minimum Gasteiger partial charge on any atom is -0.486 e. The van der Waals surface area contributed by atoms with Crippen molar-refractivity contribution in [3.8, 4) is 22.8 Å². The Labute approximate surface area is 178 Å². The van der Waals surface area contributed by atoms with Crippen LogP contribution in [0.4, 0.5) is 5.13 Å².